The molecule has 0 aliphatic carbocycles. The molecule has 5 heteroatoms. The zero-order chi connectivity index (χ0) is 10.7. The summed E-state index contributed by atoms with van der Waals surface area (Å²) < 4.78 is 1.71. The van der Waals surface area contributed by atoms with Gasteiger partial charge in [0.1, 0.15) is 12.7 Å². The van der Waals surface area contributed by atoms with E-state index < -0.39 is 5.91 Å². The van der Waals surface area contributed by atoms with Gasteiger partial charge >= 0.3 is 0 Å². The fourth-order valence-corrected chi connectivity index (χ4v) is 1.28. The molecule has 0 aliphatic rings. The highest BCUT2D eigenvalue weighted by molar-refractivity contribution is 5.92. The minimum Gasteiger partial charge on any atom is -0.366 e. The molecule has 0 atom stereocenters. The summed E-state index contributed by atoms with van der Waals surface area (Å²) in [5, 5.41) is 3.98. The molecule has 0 saturated carbocycles. The van der Waals surface area contributed by atoms with Gasteiger partial charge in [0.05, 0.1) is 6.54 Å². The number of carbonyl (C=O) groups excluding carboxylic acids is 1. The lowest BCUT2D eigenvalue weighted by atomic mass is 10.1. The molecular weight excluding hydrogens is 192 g/mol. The molecule has 2 rings (SSSR count). The molecule has 1 amide bonds. The summed E-state index contributed by atoms with van der Waals surface area (Å²) >= 11 is 0. The second-order valence-corrected chi connectivity index (χ2v) is 3.15. The third kappa shape index (κ3) is 2.19. The first-order valence-electron chi connectivity index (χ1n) is 4.47. The first kappa shape index (κ1) is 9.39. The molecule has 0 aliphatic heterocycles. The average molecular weight is 202 g/mol. The van der Waals surface area contributed by atoms with Gasteiger partial charge in [-0.05, 0) is 17.7 Å². The van der Waals surface area contributed by atoms with E-state index in [0.717, 1.165) is 5.56 Å². The van der Waals surface area contributed by atoms with E-state index in [1.807, 2.05) is 12.1 Å². The van der Waals surface area contributed by atoms with Crippen LogP contribution in [0.4, 0.5) is 0 Å². The predicted octanol–water partition coefficient (Wildman–Crippen LogP) is 0.425. The number of hydrogen-bond acceptors (Lipinski definition) is 3. The van der Waals surface area contributed by atoms with Crippen LogP contribution in [0.15, 0.2) is 36.9 Å². The Kier molecular flexibility index (Phi) is 2.45. The number of amides is 1. The lowest BCUT2D eigenvalue weighted by Crippen LogP contribution is -2.10. The molecule has 0 saturated heterocycles. The molecule has 1 aromatic heterocycles. The third-order valence-corrected chi connectivity index (χ3v) is 2.05. The van der Waals surface area contributed by atoms with Gasteiger partial charge in [-0.25, -0.2) is 9.67 Å². The topological polar surface area (TPSA) is 73.8 Å². The molecular formula is C10H10N4O. The van der Waals surface area contributed by atoms with Crippen LogP contribution in [-0.4, -0.2) is 20.7 Å². The highest BCUT2D eigenvalue weighted by Crippen LogP contribution is 2.04. The number of rotatable bonds is 3. The Morgan fingerprint density at radius 2 is 2.07 bits per heavy atom. The molecule has 1 heterocycles. The average Bonchev–Trinajstić information content (AvgIpc) is 2.71. The first-order valence-corrected chi connectivity index (χ1v) is 4.47. The molecule has 15 heavy (non-hydrogen) atoms. The minimum atomic E-state index is -0.415. The van der Waals surface area contributed by atoms with Gasteiger partial charge < -0.3 is 5.73 Å². The molecule has 2 aromatic rings. The molecule has 0 spiro atoms. The lowest BCUT2D eigenvalue weighted by Gasteiger charge is -2.01. The number of nitrogens with two attached hydrogens (primary N) is 1. The molecule has 5 nitrogen and oxygen atoms in total. The predicted molar refractivity (Wildman–Crippen MR) is 54.1 cm³/mol. The van der Waals surface area contributed by atoms with E-state index in [1.165, 1.54) is 6.33 Å². The van der Waals surface area contributed by atoms with E-state index in [4.69, 9.17) is 5.73 Å². The van der Waals surface area contributed by atoms with Crippen molar-refractivity contribution in [3.8, 4) is 0 Å². The maximum Gasteiger partial charge on any atom is 0.248 e. The van der Waals surface area contributed by atoms with Crippen molar-refractivity contribution in [3.05, 3.63) is 48.0 Å². The molecule has 76 valence electrons. The Morgan fingerprint density at radius 1 is 1.33 bits per heavy atom. The van der Waals surface area contributed by atoms with Crippen LogP contribution in [0.3, 0.4) is 0 Å². The van der Waals surface area contributed by atoms with E-state index in [2.05, 4.69) is 10.1 Å². The summed E-state index contributed by atoms with van der Waals surface area (Å²) in [4.78, 5) is 14.7. The van der Waals surface area contributed by atoms with E-state index in [1.54, 1.807) is 23.1 Å². The summed E-state index contributed by atoms with van der Waals surface area (Å²) in [5.74, 6) is -0.415. The van der Waals surface area contributed by atoms with E-state index in [9.17, 15) is 4.79 Å². The Labute approximate surface area is 86.5 Å². The monoisotopic (exact) mass is 202 g/mol. The van der Waals surface area contributed by atoms with E-state index in [-0.39, 0.29) is 0 Å². The zero-order valence-corrected chi connectivity index (χ0v) is 8.00. The molecule has 0 fully saturated rings. The zero-order valence-electron chi connectivity index (χ0n) is 8.00. The summed E-state index contributed by atoms with van der Waals surface area (Å²) in [6.07, 6.45) is 3.12. The molecule has 2 N–H and O–H groups in total. The van der Waals surface area contributed by atoms with Crippen LogP contribution >= 0.6 is 0 Å². The summed E-state index contributed by atoms with van der Waals surface area (Å²) in [6, 6.07) is 7.10. The van der Waals surface area contributed by atoms with Gasteiger partial charge in [0.25, 0.3) is 0 Å². The minimum absolute atomic E-state index is 0.415. The van der Waals surface area contributed by atoms with Gasteiger partial charge in [-0.2, -0.15) is 5.10 Å². The first-order chi connectivity index (χ1) is 7.25. The lowest BCUT2D eigenvalue weighted by molar-refractivity contribution is 0.100. The number of nitrogens with zero attached hydrogens (tertiary/aromatic N) is 3. The van der Waals surface area contributed by atoms with Crippen molar-refractivity contribution >= 4 is 5.91 Å². The van der Waals surface area contributed by atoms with Crippen LogP contribution in [0.1, 0.15) is 15.9 Å². The Hall–Kier alpha value is -2.17. The smallest absolute Gasteiger partial charge is 0.248 e. The standard InChI is InChI=1S/C10H10N4O/c11-10(15)9-3-1-8(2-4-9)5-14-7-12-6-13-14/h1-4,6-7H,5H2,(H2,11,15). The summed E-state index contributed by atoms with van der Waals surface area (Å²) in [6.45, 7) is 0.638. The van der Waals surface area contributed by atoms with Crippen molar-refractivity contribution in [3.63, 3.8) is 0 Å². The van der Waals surface area contributed by atoms with Crippen molar-refractivity contribution in [2.45, 2.75) is 6.54 Å². The quantitative estimate of drug-likeness (QED) is 0.784. The fourth-order valence-electron chi connectivity index (χ4n) is 1.28. The molecule has 1 aromatic carbocycles. The van der Waals surface area contributed by atoms with Crippen LogP contribution in [0, 0.1) is 0 Å². The second-order valence-electron chi connectivity index (χ2n) is 3.15. The van der Waals surface area contributed by atoms with Crippen LogP contribution in [0.2, 0.25) is 0 Å². The van der Waals surface area contributed by atoms with Gasteiger partial charge in [0, 0.05) is 5.56 Å². The van der Waals surface area contributed by atoms with Crippen molar-refractivity contribution in [1.82, 2.24) is 14.8 Å². The number of hydrogen-bond donors (Lipinski definition) is 1. The van der Waals surface area contributed by atoms with Crippen LogP contribution in [0.5, 0.6) is 0 Å². The Morgan fingerprint density at radius 3 is 2.60 bits per heavy atom. The Bertz CT molecular complexity index is 447. The van der Waals surface area contributed by atoms with Crippen molar-refractivity contribution in [1.29, 1.82) is 0 Å². The maximum atomic E-state index is 10.8. The SMILES string of the molecule is NC(=O)c1ccc(Cn2cncn2)cc1. The van der Waals surface area contributed by atoms with Crippen molar-refractivity contribution < 1.29 is 4.79 Å². The number of carbonyl (C=O) groups is 1. The normalized spacial score (nSPS) is 10.1. The van der Waals surface area contributed by atoms with Gasteiger partial charge in [-0.3, -0.25) is 4.79 Å². The largest absolute Gasteiger partial charge is 0.366 e. The molecule has 0 unspecified atom stereocenters. The second kappa shape index (κ2) is 3.91. The van der Waals surface area contributed by atoms with E-state index in [0.29, 0.717) is 12.1 Å². The fraction of sp³-hybridized carbons (Fsp3) is 0.100. The van der Waals surface area contributed by atoms with Gasteiger partial charge in [-0.15, -0.1) is 0 Å². The van der Waals surface area contributed by atoms with Crippen LogP contribution in [-0.2, 0) is 6.54 Å². The Balaban J connectivity index is 2.14. The van der Waals surface area contributed by atoms with Gasteiger partial charge in [0.15, 0.2) is 0 Å². The summed E-state index contributed by atoms with van der Waals surface area (Å²) in [7, 11) is 0. The van der Waals surface area contributed by atoms with Crippen LogP contribution < -0.4 is 5.73 Å². The molecule has 0 radical (unpaired) electrons. The number of benzene rings is 1. The van der Waals surface area contributed by atoms with Crippen LogP contribution in [0.25, 0.3) is 0 Å². The van der Waals surface area contributed by atoms with Crippen molar-refractivity contribution in [2.75, 3.05) is 0 Å². The van der Waals surface area contributed by atoms with Gasteiger partial charge in [-0.1, -0.05) is 12.1 Å². The summed E-state index contributed by atoms with van der Waals surface area (Å²) in [5.41, 5.74) is 6.69. The maximum absolute atomic E-state index is 10.8. The van der Waals surface area contributed by atoms with Gasteiger partial charge in [0.2, 0.25) is 5.91 Å². The molecule has 0 bridgehead atoms. The number of aromatic nitrogens is 3. The van der Waals surface area contributed by atoms with E-state index >= 15 is 0 Å². The highest BCUT2D eigenvalue weighted by Gasteiger charge is 2.00. The van der Waals surface area contributed by atoms with Crippen molar-refractivity contribution in [2.24, 2.45) is 5.73 Å². The number of primary amides is 1. The third-order valence-electron chi connectivity index (χ3n) is 2.05. The highest BCUT2D eigenvalue weighted by atomic mass is 16.1.